The first kappa shape index (κ1) is 11.9. The molecule has 0 aliphatic heterocycles. The van der Waals surface area contributed by atoms with Crippen molar-refractivity contribution >= 4 is 11.6 Å². The van der Waals surface area contributed by atoms with Crippen LogP contribution in [0.1, 0.15) is 31.2 Å². The Morgan fingerprint density at radius 2 is 1.94 bits per heavy atom. The van der Waals surface area contributed by atoms with Crippen LogP contribution < -0.4 is 5.32 Å². The summed E-state index contributed by atoms with van der Waals surface area (Å²) in [6.45, 7) is 1.13. The van der Waals surface area contributed by atoms with Gasteiger partial charge in [0.2, 0.25) is 0 Å². The van der Waals surface area contributed by atoms with Crippen molar-refractivity contribution in [3.05, 3.63) is 34.9 Å². The number of rotatable bonds is 5. The second-order valence-electron chi connectivity index (χ2n) is 4.59. The van der Waals surface area contributed by atoms with Gasteiger partial charge >= 0.3 is 0 Å². The van der Waals surface area contributed by atoms with Crippen molar-refractivity contribution in [3.8, 4) is 0 Å². The lowest BCUT2D eigenvalue weighted by Crippen LogP contribution is -2.51. The van der Waals surface area contributed by atoms with E-state index in [9.17, 15) is 0 Å². The fraction of sp³-hybridized carbons (Fsp3) is 0.538. The first-order valence-corrected chi connectivity index (χ1v) is 6.22. The molecule has 2 N–H and O–H groups in total. The van der Waals surface area contributed by atoms with Crippen LogP contribution in [0, 0.1) is 0 Å². The standard InChI is InChI=1S/C13H18ClNO/c14-12-4-2-11(3-5-12)10-15-13(8-9-16)6-1-7-13/h2-5,15-16H,1,6-10H2. The van der Waals surface area contributed by atoms with Crippen LogP contribution >= 0.6 is 11.6 Å². The number of aliphatic hydroxyl groups excluding tert-OH is 1. The van der Waals surface area contributed by atoms with Gasteiger partial charge in [0.05, 0.1) is 0 Å². The van der Waals surface area contributed by atoms with E-state index >= 15 is 0 Å². The third-order valence-electron chi connectivity index (χ3n) is 3.48. The van der Waals surface area contributed by atoms with E-state index in [2.05, 4.69) is 5.32 Å². The Balaban J connectivity index is 1.88. The summed E-state index contributed by atoms with van der Waals surface area (Å²) >= 11 is 5.84. The minimum atomic E-state index is 0.189. The van der Waals surface area contributed by atoms with Crippen LogP contribution in [0.3, 0.4) is 0 Å². The van der Waals surface area contributed by atoms with E-state index in [1.165, 1.54) is 24.8 Å². The summed E-state index contributed by atoms with van der Waals surface area (Å²) < 4.78 is 0. The second-order valence-corrected chi connectivity index (χ2v) is 5.02. The molecule has 0 amide bonds. The molecule has 1 saturated carbocycles. The zero-order valence-electron chi connectivity index (χ0n) is 9.38. The molecule has 1 aliphatic rings. The molecule has 0 radical (unpaired) electrons. The van der Waals surface area contributed by atoms with E-state index in [1.807, 2.05) is 24.3 Å². The molecule has 0 spiro atoms. The lowest BCUT2D eigenvalue weighted by atomic mass is 9.74. The summed E-state index contributed by atoms with van der Waals surface area (Å²) in [4.78, 5) is 0. The lowest BCUT2D eigenvalue weighted by Gasteiger charge is -2.42. The van der Waals surface area contributed by atoms with Gasteiger partial charge in [-0.3, -0.25) is 0 Å². The summed E-state index contributed by atoms with van der Waals surface area (Å²) in [5.74, 6) is 0. The molecular formula is C13H18ClNO. The van der Waals surface area contributed by atoms with Crippen molar-refractivity contribution in [1.29, 1.82) is 0 Å². The van der Waals surface area contributed by atoms with Crippen LogP contribution in [-0.2, 0) is 6.54 Å². The number of benzene rings is 1. The lowest BCUT2D eigenvalue weighted by molar-refractivity contribution is 0.130. The number of halogens is 1. The Hall–Kier alpha value is -0.570. The van der Waals surface area contributed by atoms with Crippen LogP contribution in [0.2, 0.25) is 5.02 Å². The molecule has 0 bridgehead atoms. The van der Waals surface area contributed by atoms with E-state index in [-0.39, 0.29) is 12.1 Å². The quantitative estimate of drug-likeness (QED) is 0.828. The van der Waals surface area contributed by atoms with Crippen LogP contribution in [0.25, 0.3) is 0 Å². The molecule has 0 unspecified atom stereocenters. The van der Waals surface area contributed by atoms with Crippen LogP contribution in [0.4, 0.5) is 0 Å². The third kappa shape index (κ3) is 2.76. The topological polar surface area (TPSA) is 32.3 Å². The van der Waals surface area contributed by atoms with Gasteiger partial charge in [-0.05, 0) is 43.4 Å². The Bertz CT molecular complexity index is 332. The molecule has 0 atom stereocenters. The van der Waals surface area contributed by atoms with Gasteiger partial charge < -0.3 is 10.4 Å². The first-order chi connectivity index (χ1) is 7.74. The minimum absolute atomic E-state index is 0.189. The molecule has 1 aromatic rings. The molecule has 0 saturated heterocycles. The van der Waals surface area contributed by atoms with Gasteiger partial charge in [-0.25, -0.2) is 0 Å². The molecule has 0 heterocycles. The SMILES string of the molecule is OCCC1(NCc2ccc(Cl)cc2)CCC1. The van der Waals surface area contributed by atoms with Crippen molar-refractivity contribution in [1.82, 2.24) is 5.32 Å². The minimum Gasteiger partial charge on any atom is -0.396 e. The highest BCUT2D eigenvalue weighted by molar-refractivity contribution is 6.30. The maximum Gasteiger partial charge on any atom is 0.0448 e. The molecular weight excluding hydrogens is 222 g/mol. The summed E-state index contributed by atoms with van der Waals surface area (Å²) in [6, 6.07) is 7.91. The van der Waals surface area contributed by atoms with Crippen LogP contribution in [0.15, 0.2) is 24.3 Å². The van der Waals surface area contributed by atoms with E-state index in [0.29, 0.717) is 0 Å². The summed E-state index contributed by atoms with van der Waals surface area (Å²) in [6.07, 6.45) is 4.50. The zero-order valence-corrected chi connectivity index (χ0v) is 10.1. The van der Waals surface area contributed by atoms with Gasteiger partial charge in [-0.1, -0.05) is 23.7 Å². The van der Waals surface area contributed by atoms with Crippen LogP contribution in [-0.4, -0.2) is 17.3 Å². The molecule has 1 fully saturated rings. The Kier molecular flexibility index (Phi) is 3.85. The van der Waals surface area contributed by atoms with Gasteiger partial charge in [-0.15, -0.1) is 0 Å². The average Bonchev–Trinajstić information content (AvgIpc) is 2.24. The molecule has 1 aliphatic carbocycles. The first-order valence-electron chi connectivity index (χ1n) is 5.84. The predicted molar refractivity (Wildman–Crippen MR) is 66.6 cm³/mol. The number of hydrogen-bond acceptors (Lipinski definition) is 2. The van der Waals surface area contributed by atoms with Crippen molar-refractivity contribution in [2.24, 2.45) is 0 Å². The van der Waals surface area contributed by atoms with Crippen LogP contribution in [0.5, 0.6) is 0 Å². The Morgan fingerprint density at radius 3 is 2.44 bits per heavy atom. The molecule has 0 aromatic heterocycles. The summed E-state index contributed by atoms with van der Waals surface area (Å²) in [7, 11) is 0. The molecule has 1 aromatic carbocycles. The Morgan fingerprint density at radius 1 is 1.25 bits per heavy atom. The molecule has 2 nitrogen and oxygen atoms in total. The molecule has 88 valence electrons. The second kappa shape index (κ2) is 5.17. The highest BCUT2D eigenvalue weighted by atomic mass is 35.5. The van der Waals surface area contributed by atoms with Crippen molar-refractivity contribution in [3.63, 3.8) is 0 Å². The maximum atomic E-state index is 9.04. The predicted octanol–water partition coefficient (Wildman–Crippen LogP) is 2.73. The number of aliphatic hydroxyl groups is 1. The molecule has 16 heavy (non-hydrogen) atoms. The van der Waals surface area contributed by atoms with Crippen molar-refractivity contribution < 1.29 is 5.11 Å². The Labute approximate surface area is 102 Å². The van der Waals surface area contributed by atoms with E-state index in [4.69, 9.17) is 16.7 Å². The van der Waals surface area contributed by atoms with Gasteiger partial charge in [-0.2, -0.15) is 0 Å². The van der Waals surface area contributed by atoms with E-state index in [0.717, 1.165) is 18.0 Å². The normalized spacial score (nSPS) is 18.1. The summed E-state index contributed by atoms with van der Waals surface area (Å²) in [5.41, 5.74) is 1.43. The monoisotopic (exact) mass is 239 g/mol. The third-order valence-corrected chi connectivity index (χ3v) is 3.73. The molecule has 2 rings (SSSR count). The zero-order chi connectivity index (χ0) is 11.4. The number of nitrogens with one attached hydrogen (secondary N) is 1. The van der Waals surface area contributed by atoms with Gasteiger partial charge in [0.25, 0.3) is 0 Å². The summed E-state index contributed by atoms with van der Waals surface area (Å²) in [5, 5.41) is 13.4. The van der Waals surface area contributed by atoms with Crippen molar-refractivity contribution in [2.75, 3.05) is 6.61 Å². The maximum absolute atomic E-state index is 9.04. The smallest absolute Gasteiger partial charge is 0.0448 e. The van der Waals surface area contributed by atoms with E-state index in [1.54, 1.807) is 0 Å². The fourth-order valence-corrected chi connectivity index (χ4v) is 2.35. The van der Waals surface area contributed by atoms with Gasteiger partial charge in [0.1, 0.15) is 0 Å². The highest BCUT2D eigenvalue weighted by Crippen LogP contribution is 2.34. The van der Waals surface area contributed by atoms with Gasteiger partial charge in [0.15, 0.2) is 0 Å². The molecule has 3 heteroatoms. The largest absolute Gasteiger partial charge is 0.396 e. The van der Waals surface area contributed by atoms with Crippen molar-refractivity contribution in [2.45, 2.75) is 37.8 Å². The highest BCUT2D eigenvalue weighted by Gasteiger charge is 2.35. The number of hydrogen-bond donors (Lipinski definition) is 2. The fourth-order valence-electron chi connectivity index (χ4n) is 2.22. The average molecular weight is 240 g/mol. The van der Waals surface area contributed by atoms with Gasteiger partial charge in [0, 0.05) is 23.7 Å². The van der Waals surface area contributed by atoms with E-state index < -0.39 is 0 Å².